The zero-order chi connectivity index (χ0) is 16.5. The third kappa shape index (κ3) is 3.34. The Hall–Kier alpha value is -1.44. The van der Waals surface area contributed by atoms with Gasteiger partial charge in [-0.3, -0.25) is 19.2 Å². The quantitative estimate of drug-likeness (QED) is 0.816. The van der Waals surface area contributed by atoms with Gasteiger partial charge in [-0.15, -0.1) is 0 Å². The standard InChI is InChI=1S/C17H26N4O3/c1-19-8-13(7-18-19)9-20-10-15-14(12-23-16(15)11-20)6-17(22)21-4-2-3-5-24-21/h7-8,14-16H,2-6,9-12H2,1H3/t14-,15-,16-/m0/s1. The van der Waals surface area contributed by atoms with Crippen molar-refractivity contribution in [3.05, 3.63) is 18.0 Å². The summed E-state index contributed by atoms with van der Waals surface area (Å²) in [6.45, 7) is 4.95. The molecule has 3 fully saturated rings. The van der Waals surface area contributed by atoms with Crippen LogP contribution in [-0.2, 0) is 28.0 Å². The normalized spacial score (nSPS) is 30.7. The first-order chi connectivity index (χ1) is 11.7. The number of hydrogen-bond acceptors (Lipinski definition) is 5. The van der Waals surface area contributed by atoms with Gasteiger partial charge in [-0.2, -0.15) is 5.10 Å². The van der Waals surface area contributed by atoms with Crippen LogP contribution in [-0.4, -0.2) is 64.6 Å². The van der Waals surface area contributed by atoms with Crippen molar-refractivity contribution in [2.75, 3.05) is 32.8 Å². The van der Waals surface area contributed by atoms with Crippen LogP contribution in [0.4, 0.5) is 0 Å². The van der Waals surface area contributed by atoms with Gasteiger partial charge in [-0.1, -0.05) is 0 Å². The maximum Gasteiger partial charge on any atom is 0.246 e. The Morgan fingerprint density at radius 2 is 2.29 bits per heavy atom. The third-order valence-corrected chi connectivity index (χ3v) is 5.40. The fourth-order valence-corrected chi connectivity index (χ4v) is 4.15. The maximum absolute atomic E-state index is 12.4. The average Bonchev–Trinajstić information content (AvgIpc) is 3.26. The number of ether oxygens (including phenoxy) is 1. The molecule has 0 unspecified atom stereocenters. The van der Waals surface area contributed by atoms with Gasteiger partial charge in [0.1, 0.15) is 0 Å². The Kier molecular flexibility index (Phi) is 4.56. The minimum Gasteiger partial charge on any atom is -0.376 e. The second-order valence-electron chi connectivity index (χ2n) is 7.25. The number of fused-ring (bicyclic) bond motifs is 1. The van der Waals surface area contributed by atoms with Gasteiger partial charge in [0.25, 0.3) is 0 Å². The maximum atomic E-state index is 12.4. The van der Waals surface area contributed by atoms with E-state index >= 15 is 0 Å². The molecule has 0 aliphatic carbocycles. The highest BCUT2D eigenvalue weighted by Crippen LogP contribution is 2.36. The smallest absolute Gasteiger partial charge is 0.246 e. The van der Waals surface area contributed by atoms with E-state index < -0.39 is 0 Å². The number of likely N-dealkylation sites (tertiary alicyclic amines) is 1. The van der Waals surface area contributed by atoms with Crippen molar-refractivity contribution < 1.29 is 14.4 Å². The zero-order valence-corrected chi connectivity index (χ0v) is 14.3. The lowest BCUT2D eigenvalue weighted by molar-refractivity contribution is -0.198. The van der Waals surface area contributed by atoms with Gasteiger partial charge in [-0.25, -0.2) is 5.06 Å². The van der Waals surface area contributed by atoms with Crippen LogP contribution in [0.15, 0.2) is 12.4 Å². The molecule has 0 aromatic carbocycles. The summed E-state index contributed by atoms with van der Waals surface area (Å²) in [4.78, 5) is 20.3. The van der Waals surface area contributed by atoms with E-state index in [1.165, 1.54) is 5.56 Å². The summed E-state index contributed by atoms with van der Waals surface area (Å²) in [5.74, 6) is 0.886. The molecular formula is C17H26N4O3. The van der Waals surface area contributed by atoms with E-state index in [9.17, 15) is 4.79 Å². The average molecular weight is 334 g/mol. The van der Waals surface area contributed by atoms with Crippen molar-refractivity contribution >= 4 is 5.91 Å². The molecule has 0 N–H and O–H groups in total. The number of hydrogen-bond donors (Lipinski definition) is 0. The molecule has 1 aromatic heterocycles. The number of rotatable bonds is 4. The van der Waals surface area contributed by atoms with Gasteiger partial charge >= 0.3 is 0 Å². The van der Waals surface area contributed by atoms with Gasteiger partial charge in [0.2, 0.25) is 5.91 Å². The van der Waals surface area contributed by atoms with Crippen LogP contribution in [0.2, 0.25) is 0 Å². The van der Waals surface area contributed by atoms with Crippen LogP contribution in [0.25, 0.3) is 0 Å². The van der Waals surface area contributed by atoms with Crippen LogP contribution < -0.4 is 0 Å². The van der Waals surface area contributed by atoms with E-state index in [0.29, 0.717) is 31.5 Å². The highest BCUT2D eigenvalue weighted by Gasteiger charge is 2.44. The molecule has 7 nitrogen and oxygen atoms in total. The molecule has 0 spiro atoms. The highest BCUT2D eigenvalue weighted by atomic mass is 16.7. The summed E-state index contributed by atoms with van der Waals surface area (Å²) in [7, 11) is 1.94. The first-order valence-corrected chi connectivity index (χ1v) is 8.94. The van der Waals surface area contributed by atoms with Crippen molar-refractivity contribution in [2.45, 2.75) is 31.9 Å². The number of aryl methyl sites for hydroxylation is 1. The summed E-state index contributed by atoms with van der Waals surface area (Å²) in [5.41, 5.74) is 1.23. The van der Waals surface area contributed by atoms with E-state index in [2.05, 4.69) is 16.2 Å². The Balaban J connectivity index is 1.31. The molecule has 4 rings (SSSR count). The molecule has 1 aromatic rings. The Bertz CT molecular complexity index is 584. The fraction of sp³-hybridized carbons (Fsp3) is 0.765. The third-order valence-electron chi connectivity index (χ3n) is 5.40. The summed E-state index contributed by atoms with van der Waals surface area (Å²) in [5, 5.41) is 5.80. The van der Waals surface area contributed by atoms with Crippen molar-refractivity contribution in [1.82, 2.24) is 19.7 Å². The minimum absolute atomic E-state index is 0.120. The monoisotopic (exact) mass is 334 g/mol. The topological polar surface area (TPSA) is 59.8 Å². The number of aromatic nitrogens is 2. The van der Waals surface area contributed by atoms with Crippen LogP contribution in [0.5, 0.6) is 0 Å². The molecule has 0 bridgehead atoms. The molecule has 0 saturated carbocycles. The second-order valence-corrected chi connectivity index (χ2v) is 7.25. The molecule has 4 heterocycles. The van der Waals surface area contributed by atoms with Gasteiger partial charge < -0.3 is 4.74 Å². The first kappa shape index (κ1) is 16.1. The molecule has 3 saturated heterocycles. The lowest BCUT2D eigenvalue weighted by Crippen LogP contribution is -2.37. The predicted octanol–water partition coefficient (Wildman–Crippen LogP) is 0.811. The Morgan fingerprint density at radius 3 is 3.04 bits per heavy atom. The van der Waals surface area contributed by atoms with Gasteiger partial charge in [0.15, 0.2) is 0 Å². The van der Waals surface area contributed by atoms with Gasteiger partial charge in [-0.05, 0) is 18.8 Å². The number of carbonyl (C=O) groups is 1. The van der Waals surface area contributed by atoms with Crippen LogP contribution in [0.3, 0.4) is 0 Å². The van der Waals surface area contributed by atoms with E-state index in [4.69, 9.17) is 9.57 Å². The van der Waals surface area contributed by atoms with Crippen molar-refractivity contribution in [1.29, 1.82) is 0 Å². The predicted molar refractivity (Wildman–Crippen MR) is 86.7 cm³/mol. The molecule has 3 atom stereocenters. The van der Waals surface area contributed by atoms with E-state index in [-0.39, 0.29) is 12.0 Å². The zero-order valence-electron chi connectivity index (χ0n) is 14.3. The summed E-state index contributed by atoms with van der Waals surface area (Å²) < 4.78 is 7.81. The lowest BCUT2D eigenvalue weighted by atomic mass is 9.90. The first-order valence-electron chi connectivity index (χ1n) is 8.94. The van der Waals surface area contributed by atoms with Gasteiger partial charge in [0.05, 0.1) is 25.5 Å². The number of carbonyl (C=O) groups excluding carboxylic acids is 1. The molecule has 1 amide bonds. The summed E-state index contributed by atoms with van der Waals surface area (Å²) in [6, 6.07) is 0. The molecule has 3 aliphatic rings. The molecule has 24 heavy (non-hydrogen) atoms. The molecule has 7 heteroatoms. The van der Waals surface area contributed by atoms with Crippen molar-refractivity contribution in [2.24, 2.45) is 18.9 Å². The molecule has 3 aliphatic heterocycles. The van der Waals surface area contributed by atoms with Crippen LogP contribution >= 0.6 is 0 Å². The SMILES string of the molecule is Cn1cc(CN2C[C@H]3[C@@H](CC(=O)N4CCCCO4)CO[C@H]3C2)cn1. The number of amides is 1. The molecular weight excluding hydrogens is 308 g/mol. The summed E-state index contributed by atoms with van der Waals surface area (Å²) >= 11 is 0. The number of hydroxylamine groups is 2. The van der Waals surface area contributed by atoms with Crippen LogP contribution in [0, 0.1) is 11.8 Å². The van der Waals surface area contributed by atoms with Crippen LogP contribution in [0.1, 0.15) is 24.8 Å². The van der Waals surface area contributed by atoms with Crippen molar-refractivity contribution in [3.63, 3.8) is 0 Å². The minimum atomic E-state index is 0.120. The van der Waals surface area contributed by atoms with Crippen molar-refractivity contribution in [3.8, 4) is 0 Å². The summed E-state index contributed by atoms with van der Waals surface area (Å²) in [6.07, 6.45) is 6.87. The lowest BCUT2D eigenvalue weighted by Gasteiger charge is -2.27. The second kappa shape index (κ2) is 6.82. The Labute approximate surface area is 142 Å². The highest BCUT2D eigenvalue weighted by molar-refractivity contribution is 5.75. The van der Waals surface area contributed by atoms with E-state index in [1.807, 2.05) is 17.9 Å². The Morgan fingerprint density at radius 1 is 1.38 bits per heavy atom. The largest absolute Gasteiger partial charge is 0.376 e. The van der Waals surface area contributed by atoms with E-state index in [0.717, 1.165) is 39.0 Å². The fourth-order valence-electron chi connectivity index (χ4n) is 4.15. The van der Waals surface area contributed by atoms with Gasteiger partial charge in [0, 0.05) is 57.3 Å². The molecule has 132 valence electrons. The number of nitrogens with zero attached hydrogens (tertiary/aromatic N) is 4. The van der Waals surface area contributed by atoms with E-state index in [1.54, 1.807) is 5.06 Å². The molecule has 0 radical (unpaired) electrons.